The average Bonchev–Trinajstić information content (AvgIpc) is 2.95. The molecule has 0 aliphatic carbocycles. The number of aliphatic hydroxyl groups excluding tert-OH is 5. The van der Waals surface area contributed by atoms with Gasteiger partial charge in [-0.15, -0.1) is 0 Å². The van der Waals surface area contributed by atoms with Crippen LogP contribution in [0.25, 0.3) is 0 Å². The van der Waals surface area contributed by atoms with E-state index in [9.17, 15) is 60.1 Å². The number of rotatable bonds is 16. The van der Waals surface area contributed by atoms with Crippen LogP contribution < -0.4 is 0 Å². The van der Waals surface area contributed by atoms with E-state index in [0.29, 0.717) is 0 Å². The molecule has 2 saturated heterocycles. The van der Waals surface area contributed by atoms with Crippen molar-refractivity contribution in [3.63, 3.8) is 0 Å². The summed E-state index contributed by atoms with van der Waals surface area (Å²) in [6, 6.07) is 0. The van der Waals surface area contributed by atoms with E-state index in [4.69, 9.17) is 37.9 Å². The molecule has 2 fully saturated rings. The number of ether oxygens (including phenoxy) is 5. The molecule has 3 aliphatic heterocycles. The van der Waals surface area contributed by atoms with E-state index in [2.05, 4.69) is 12.5 Å². The normalized spacial score (nSPS) is 37.7. The third kappa shape index (κ3) is 12.2. The minimum absolute atomic E-state index is 0.564. The largest absolute Gasteiger partial charge is 0.478 e. The quantitative estimate of drug-likeness (QED) is 0.0661. The van der Waals surface area contributed by atoms with Crippen molar-refractivity contribution < 1.29 is 111 Å². The second-order valence-corrected chi connectivity index (χ2v) is 14.2. The Kier molecular flexibility index (Phi) is 14.2. The molecule has 0 aromatic rings. The summed E-state index contributed by atoms with van der Waals surface area (Å²) in [5.41, 5.74) is 0. The van der Waals surface area contributed by atoms with Crippen molar-refractivity contribution in [2.24, 2.45) is 11.8 Å². The van der Waals surface area contributed by atoms with Crippen LogP contribution in [0.1, 0.15) is 6.92 Å². The fraction of sp³-hybridized carbons (Fsp3) is 0.864. The van der Waals surface area contributed by atoms with Crippen LogP contribution in [0.3, 0.4) is 0 Å². The average molecular weight is 781 g/mol. The van der Waals surface area contributed by atoms with Gasteiger partial charge in [0.15, 0.2) is 12.4 Å². The first-order valence-electron chi connectivity index (χ1n) is 13.9. The van der Waals surface area contributed by atoms with Gasteiger partial charge >= 0.3 is 37.2 Å². The second kappa shape index (κ2) is 16.7. The molecule has 0 saturated carbocycles. The van der Waals surface area contributed by atoms with Crippen LogP contribution in [-0.2, 0) is 72.2 Å². The van der Waals surface area contributed by atoms with Crippen LogP contribution in [0.4, 0.5) is 0 Å². The standard InChI is InChI=1S/C22H36O24S3/c1-8-19(45-48(33,34)35)18(26)20(46-49(36,37)38)15(42-8)6-39-3-9-10(22(29)44-14(16(9)24)7-41-47(30,31)32)4-40-5-13-17(25)11(23)2-12(43-13)21(27)28/h2,8-11,13-20,22-26,29H,3-7H2,1H3,(H,27,28)(H,30,31,32)(H,33,34,35)(H,36,37,38)/t8?,9?,10?,11?,13-,14?,15-,16+,17?,18?,19-,20?,22?/m0/s1. The molecule has 0 bridgehead atoms. The molecular weight excluding hydrogens is 744 g/mol. The lowest BCUT2D eigenvalue weighted by Crippen LogP contribution is -2.60. The molecule has 3 heterocycles. The van der Waals surface area contributed by atoms with Crippen molar-refractivity contribution in [1.82, 2.24) is 0 Å². The first kappa shape index (κ1) is 41.7. The summed E-state index contributed by atoms with van der Waals surface area (Å²) >= 11 is 0. The van der Waals surface area contributed by atoms with Crippen LogP contribution in [0, 0.1) is 11.8 Å². The number of carboxylic acids is 1. The predicted molar refractivity (Wildman–Crippen MR) is 149 cm³/mol. The van der Waals surface area contributed by atoms with Gasteiger partial charge in [0.2, 0.25) is 5.76 Å². The van der Waals surface area contributed by atoms with Crippen LogP contribution in [-0.4, -0.2) is 176 Å². The van der Waals surface area contributed by atoms with E-state index in [1.54, 1.807) is 0 Å². The molecule has 3 rings (SSSR count). The fourth-order valence-corrected chi connectivity index (χ4v) is 6.62. The van der Waals surface area contributed by atoms with E-state index in [0.717, 1.165) is 13.0 Å². The van der Waals surface area contributed by atoms with Gasteiger partial charge in [-0.2, -0.15) is 25.3 Å². The van der Waals surface area contributed by atoms with Crippen molar-refractivity contribution in [3.8, 4) is 0 Å². The molecule has 0 spiro atoms. The third-order valence-electron chi connectivity index (χ3n) is 7.52. The smallest absolute Gasteiger partial charge is 0.397 e. The lowest BCUT2D eigenvalue weighted by atomic mass is 9.83. The molecule has 0 amide bonds. The number of carboxylic acid groups (broad SMARTS) is 1. The molecule has 13 atom stereocenters. The number of hydrogen-bond donors (Lipinski definition) is 9. The van der Waals surface area contributed by atoms with Crippen LogP contribution >= 0.6 is 0 Å². The van der Waals surface area contributed by atoms with Crippen LogP contribution in [0.5, 0.6) is 0 Å². The van der Waals surface area contributed by atoms with E-state index in [1.165, 1.54) is 0 Å². The Hall–Kier alpha value is -1.74. The lowest BCUT2D eigenvalue weighted by Gasteiger charge is -2.44. The molecule has 3 aliphatic rings. The molecule has 9 unspecified atom stereocenters. The molecule has 49 heavy (non-hydrogen) atoms. The highest BCUT2D eigenvalue weighted by Crippen LogP contribution is 2.33. The number of aliphatic hydroxyl groups is 5. The van der Waals surface area contributed by atoms with Crippen molar-refractivity contribution >= 4 is 37.2 Å². The molecule has 0 aromatic carbocycles. The van der Waals surface area contributed by atoms with Crippen molar-refractivity contribution in [1.29, 1.82) is 0 Å². The molecule has 0 radical (unpaired) electrons. The monoisotopic (exact) mass is 780 g/mol. The van der Waals surface area contributed by atoms with Gasteiger partial charge in [0, 0.05) is 11.8 Å². The minimum Gasteiger partial charge on any atom is -0.478 e. The first-order valence-corrected chi connectivity index (χ1v) is 18.0. The zero-order valence-electron chi connectivity index (χ0n) is 25.0. The number of carbonyl (C=O) groups is 1. The maximum atomic E-state index is 11.5. The van der Waals surface area contributed by atoms with Gasteiger partial charge in [-0.05, 0) is 13.0 Å². The maximum Gasteiger partial charge on any atom is 0.397 e. The maximum absolute atomic E-state index is 11.5. The van der Waals surface area contributed by atoms with Gasteiger partial charge < -0.3 is 54.3 Å². The van der Waals surface area contributed by atoms with Gasteiger partial charge in [0.25, 0.3) is 0 Å². The Bertz CT molecular complexity index is 1480. The highest BCUT2D eigenvalue weighted by atomic mass is 32.3. The number of hydrogen-bond acceptors (Lipinski definition) is 20. The summed E-state index contributed by atoms with van der Waals surface area (Å²) < 4.78 is 134. The Balaban J connectivity index is 1.76. The van der Waals surface area contributed by atoms with Gasteiger partial charge in [0.05, 0.1) is 45.2 Å². The van der Waals surface area contributed by atoms with Crippen molar-refractivity contribution in [3.05, 3.63) is 11.8 Å². The third-order valence-corrected chi connectivity index (χ3v) is 8.88. The summed E-state index contributed by atoms with van der Waals surface area (Å²) in [4.78, 5) is 11.3. The summed E-state index contributed by atoms with van der Waals surface area (Å²) in [6.07, 6.45) is -18.5. The molecule has 0 aromatic heterocycles. The molecule has 9 N–H and O–H groups in total. The zero-order chi connectivity index (χ0) is 37.1. The summed E-state index contributed by atoms with van der Waals surface area (Å²) in [7, 11) is -15.6. The zero-order valence-corrected chi connectivity index (χ0v) is 27.4. The lowest BCUT2D eigenvalue weighted by molar-refractivity contribution is -0.272. The van der Waals surface area contributed by atoms with Crippen molar-refractivity contribution in [2.45, 2.75) is 74.3 Å². The minimum atomic E-state index is -5.34. The highest BCUT2D eigenvalue weighted by molar-refractivity contribution is 7.81. The Morgan fingerprint density at radius 1 is 0.694 bits per heavy atom. The number of aliphatic carboxylic acids is 1. The summed E-state index contributed by atoms with van der Waals surface area (Å²) in [5.74, 6) is -4.84. The predicted octanol–water partition coefficient (Wildman–Crippen LogP) is -5.24. The Labute approximate surface area is 278 Å². The SMILES string of the molecule is CC1O[C@@H](COCC2C(COC[C@@H]3OC(C(=O)O)=CC(O)C3O)C(O)OC(COS(=O)(=O)O)[C@@H]2O)C(OS(=O)(=O)O)C(O)[C@H]1OS(=O)(=O)O. The second-order valence-electron chi connectivity index (χ2n) is 11.0. The van der Waals surface area contributed by atoms with Gasteiger partial charge in [-0.3, -0.25) is 13.7 Å². The Morgan fingerprint density at radius 2 is 1.24 bits per heavy atom. The highest BCUT2D eigenvalue weighted by Gasteiger charge is 2.50. The van der Waals surface area contributed by atoms with Crippen LogP contribution in [0.2, 0.25) is 0 Å². The van der Waals surface area contributed by atoms with E-state index < -0.39 is 155 Å². The fourth-order valence-electron chi connectivity index (χ4n) is 5.24. The molecule has 286 valence electrons. The van der Waals surface area contributed by atoms with Crippen LogP contribution in [0.15, 0.2) is 11.8 Å². The van der Waals surface area contributed by atoms with E-state index >= 15 is 0 Å². The summed E-state index contributed by atoms with van der Waals surface area (Å²) in [6.45, 7) is -2.39. The molecular formula is C22H36O24S3. The van der Waals surface area contributed by atoms with Gasteiger partial charge in [0.1, 0.15) is 42.7 Å². The molecule has 27 heteroatoms. The first-order chi connectivity index (χ1) is 22.5. The van der Waals surface area contributed by atoms with E-state index in [1.807, 2.05) is 0 Å². The van der Waals surface area contributed by atoms with Crippen molar-refractivity contribution in [2.75, 3.05) is 33.0 Å². The van der Waals surface area contributed by atoms with Gasteiger partial charge in [-0.25, -0.2) is 17.3 Å². The van der Waals surface area contributed by atoms with Gasteiger partial charge in [-0.1, -0.05) is 0 Å². The summed E-state index contributed by atoms with van der Waals surface area (Å²) in [5, 5.41) is 61.5. The van der Waals surface area contributed by atoms with E-state index in [-0.39, 0.29) is 0 Å². The topological polar surface area (TPSA) is 375 Å². The Morgan fingerprint density at radius 3 is 1.80 bits per heavy atom. The molecule has 24 nitrogen and oxygen atoms in total.